The fourth-order valence-corrected chi connectivity index (χ4v) is 4.74. The lowest BCUT2D eigenvalue weighted by Crippen LogP contribution is -2.50. The van der Waals surface area contributed by atoms with Crippen LogP contribution >= 0.6 is 0 Å². The molecule has 0 unspecified atom stereocenters. The minimum absolute atomic E-state index is 0.169. The molecule has 1 aliphatic rings. The van der Waals surface area contributed by atoms with Crippen LogP contribution in [-0.2, 0) is 14.8 Å². The van der Waals surface area contributed by atoms with Gasteiger partial charge in [-0.15, -0.1) is 0 Å². The number of para-hydroxylation sites is 2. The van der Waals surface area contributed by atoms with Crippen LogP contribution in [0.3, 0.4) is 0 Å². The van der Waals surface area contributed by atoms with Crippen LogP contribution in [0.4, 0.5) is 0 Å². The molecule has 0 aliphatic carbocycles. The van der Waals surface area contributed by atoms with Crippen molar-refractivity contribution < 1.29 is 13.2 Å². The monoisotopic (exact) mass is 422 g/mol. The van der Waals surface area contributed by atoms with E-state index in [1.165, 1.54) is 10.4 Å². The van der Waals surface area contributed by atoms with E-state index in [1.54, 1.807) is 41.4 Å². The molecular formula is C22H22N4O3S. The number of carbonyl (C=O) groups excluding carboxylic acids is 1. The Morgan fingerprint density at radius 1 is 0.967 bits per heavy atom. The molecule has 4 rings (SSSR count). The molecule has 7 nitrogen and oxygen atoms in total. The van der Waals surface area contributed by atoms with Gasteiger partial charge in [0.25, 0.3) is 0 Å². The molecule has 0 spiro atoms. The molecular weight excluding hydrogens is 400 g/mol. The van der Waals surface area contributed by atoms with Crippen molar-refractivity contribution >= 4 is 33.0 Å². The van der Waals surface area contributed by atoms with Gasteiger partial charge in [-0.2, -0.15) is 4.31 Å². The molecule has 2 heterocycles. The maximum atomic E-state index is 12.8. The predicted molar refractivity (Wildman–Crippen MR) is 115 cm³/mol. The molecule has 30 heavy (non-hydrogen) atoms. The van der Waals surface area contributed by atoms with Crippen molar-refractivity contribution in [3.05, 3.63) is 72.1 Å². The van der Waals surface area contributed by atoms with Gasteiger partial charge in [0, 0.05) is 32.3 Å². The summed E-state index contributed by atoms with van der Waals surface area (Å²) in [4.78, 5) is 23.2. The van der Waals surface area contributed by atoms with E-state index in [1.807, 2.05) is 31.2 Å². The highest BCUT2D eigenvalue weighted by Crippen LogP contribution is 2.18. The Morgan fingerprint density at radius 2 is 1.63 bits per heavy atom. The highest BCUT2D eigenvalue weighted by Gasteiger charge is 2.29. The van der Waals surface area contributed by atoms with Gasteiger partial charge in [0.15, 0.2) is 0 Å². The summed E-state index contributed by atoms with van der Waals surface area (Å²) >= 11 is 0. The van der Waals surface area contributed by atoms with Crippen LogP contribution in [0, 0.1) is 6.92 Å². The lowest BCUT2D eigenvalue weighted by Gasteiger charge is -2.33. The van der Waals surface area contributed by atoms with Crippen molar-refractivity contribution in [2.45, 2.75) is 11.8 Å². The number of hydrogen-bond donors (Lipinski definition) is 0. The average molecular weight is 423 g/mol. The van der Waals surface area contributed by atoms with E-state index in [0.29, 0.717) is 18.8 Å². The molecule has 3 aromatic rings. The zero-order valence-electron chi connectivity index (χ0n) is 16.6. The molecule has 154 valence electrons. The second kappa shape index (κ2) is 8.33. The summed E-state index contributed by atoms with van der Waals surface area (Å²) in [5.41, 5.74) is 3.17. The first-order valence-corrected chi connectivity index (χ1v) is 11.1. The molecule has 0 bridgehead atoms. The van der Waals surface area contributed by atoms with Crippen molar-refractivity contribution in [1.29, 1.82) is 0 Å². The fraction of sp³-hybridized carbons (Fsp3) is 0.227. The first-order valence-electron chi connectivity index (χ1n) is 9.69. The maximum Gasteiger partial charge on any atom is 0.246 e. The van der Waals surface area contributed by atoms with Crippen LogP contribution in [-0.4, -0.2) is 59.7 Å². The highest BCUT2D eigenvalue weighted by atomic mass is 32.2. The predicted octanol–water partition coefficient (Wildman–Crippen LogP) is 2.48. The number of aromatic nitrogens is 2. The lowest BCUT2D eigenvalue weighted by molar-refractivity contribution is -0.127. The van der Waals surface area contributed by atoms with E-state index in [2.05, 4.69) is 9.97 Å². The van der Waals surface area contributed by atoms with Gasteiger partial charge in [-0.1, -0.05) is 29.8 Å². The van der Waals surface area contributed by atoms with Gasteiger partial charge >= 0.3 is 0 Å². The van der Waals surface area contributed by atoms with Crippen molar-refractivity contribution in [3.8, 4) is 0 Å². The SMILES string of the molecule is Cc1ccc(S(=O)(=O)N2CCN(C(=O)/C=C/c3cnc4ccccc4n3)CC2)cc1. The molecule has 0 saturated carbocycles. The molecule has 0 atom stereocenters. The standard InChI is InChI=1S/C22H22N4O3S/c1-17-6-9-19(10-7-17)30(28,29)26-14-12-25(13-15-26)22(27)11-8-18-16-23-20-4-2-3-5-21(20)24-18/h2-11,16H,12-15H2,1H3/b11-8+. The fourth-order valence-electron chi connectivity index (χ4n) is 3.32. The molecule has 0 N–H and O–H groups in total. The molecule has 0 radical (unpaired) electrons. The maximum absolute atomic E-state index is 12.8. The second-order valence-corrected chi connectivity index (χ2v) is 9.10. The van der Waals surface area contributed by atoms with Crippen molar-refractivity contribution in [1.82, 2.24) is 19.2 Å². The highest BCUT2D eigenvalue weighted by molar-refractivity contribution is 7.89. The first-order chi connectivity index (χ1) is 14.4. The van der Waals surface area contributed by atoms with E-state index in [0.717, 1.165) is 16.6 Å². The number of sulfonamides is 1. The normalized spacial score (nSPS) is 15.7. The largest absolute Gasteiger partial charge is 0.337 e. The van der Waals surface area contributed by atoms with Gasteiger partial charge in [0.2, 0.25) is 15.9 Å². The Balaban J connectivity index is 1.39. The van der Waals surface area contributed by atoms with Gasteiger partial charge in [0.05, 0.1) is 27.8 Å². The molecule has 1 fully saturated rings. The third-order valence-electron chi connectivity index (χ3n) is 5.07. The molecule has 1 amide bonds. The summed E-state index contributed by atoms with van der Waals surface area (Å²) in [6.07, 6.45) is 4.72. The Hall–Kier alpha value is -3.10. The molecule has 1 aromatic heterocycles. The number of nitrogens with zero attached hydrogens (tertiary/aromatic N) is 4. The van der Waals surface area contributed by atoms with Crippen LogP contribution in [0.1, 0.15) is 11.3 Å². The van der Waals surface area contributed by atoms with Gasteiger partial charge in [-0.3, -0.25) is 9.78 Å². The van der Waals surface area contributed by atoms with Crippen molar-refractivity contribution in [2.75, 3.05) is 26.2 Å². The quantitative estimate of drug-likeness (QED) is 0.603. The summed E-state index contributed by atoms with van der Waals surface area (Å²) in [5.74, 6) is -0.169. The van der Waals surface area contributed by atoms with Crippen LogP contribution in [0.2, 0.25) is 0 Å². The molecule has 1 aliphatic heterocycles. The summed E-state index contributed by atoms with van der Waals surface area (Å²) < 4.78 is 27.0. The Morgan fingerprint density at radius 3 is 2.33 bits per heavy atom. The van der Waals surface area contributed by atoms with Gasteiger partial charge in [0.1, 0.15) is 0 Å². The zero-order valence-corrected chi connectivity index (χ0v) is 17.4. The zero-order chi connectivity index (χ0) is 21.1. The number of rotatable bonds is 4. The summed E-state index contributed by atoms with van der Waals surface area (Å²) in [5, 5.41) is 0. The number of hydrogen-bond acceptors (Lipinski definition) is 5. The van der Waals surface area contributed by atoms with E-state index in [4.69, 9.17) is 0 Å². The molecule has 1 saturated heterocycles. The summed E-state index contributed by atoms with van der Waals surface area (Å²) in [7, 11) is -3.54. The van der Waals surface area contributed by atoms with Gasteiger partial charge in [-0.05, 0) is 37.3 Å². The summed E-state index contributed by atoms with van der Waals surface area (Å²) in [6.45, 7) is 3.14. The van der Waals surface area contributed by atoms with Crippen LogP contribution in [0.15, 0.2) is 65.7 Å². The Kier molecular flexibility index (Phi) is 5.61. The van der Waals surface area contributed by atoms with Crippen LogP contribution in [0.5, 0.6) is 0 Å². The molecule has 8 heteroatoms. The van der Waals surface area contributed by atoms with E-state index in [-0.39, 0.29) is 23.9 Å². The van der Waals surface area contributed by atoms with E-state index >= 15 is 0 Å². The number of benzene rings is 2. The minimum Gasteiger partial charge on any atom is -0.337 e. The first kappa shape index (κ1) is 20.2. The topological polar surface area (TPSA) is 83.5 Å². The number of fused-ring (bicyclic) bond motifs is 1. The van der Waals surface area contributed by atoms with Gasteiger partial charge < -0.3 is 4.90 Å². The van der Waals surface area contributed by atoms with Crippen molar-refractivity contribution in [2.24, 2.45) is 0 Å². The third-order valence-corrected chi connectivity index (χ3v) is 6.99. The minimum atomic E-state index is -3.54. The average Bonchev–Trinajstić information content (AvgIpc) is 2.77. The van der Waals surface area contributed by atoms with Crippen LogP contribution < -0.4 is 0 Å². The number of amides is 1. The smallest absolute Gasteiger partial charge is 0.246 e. The third kappa shape index (κ3) is 4.24. The second-order valence-electron chi connectivity index (χ2n) is 7.16. The summed E-state index contributed by atoms with van der Waals surface area (Å²) in [6, 6.07) is 14.3. The molecule has 2 aromatic carbocycles. The van der Waals surface area contributed by atoms with Crippen molar-refractivity contribution in [3.63, 3.8) is 0 Å². The van der Waals surface area contributed by atoms with Gasteiger partial charge in [-0.25, -0.2) is 13.4 Å². The van der Waals surface area contributed by atoms with Crippen LogP contribution in [0.25, 0.3) is 17.1 Å². The lowest BCUT2D eigenvalue weighted by atomic mass is 10.2. The Bertz CT molecular complexity index is 1200. The number of aryl methyl sites for hydroxylation is 1. The Labute approximate surface area is 175 Å². The van der Waals surface area contributed by atoms with E-state index < -0.39 is 10.0 Å². The number of carbonyl (C=O) groups is 1. The number of piperazine rings is 1. The van der Waals surface area contributed by atoms with E-state index in [9.17, 15) is 13.2 Å².